The molecule has 188 valence electrons. The fraction of sp³-hybridized carbons (Fsp3) is 0.407. The molecule has 2 aromatic rings. The van der Waals surface area contributed by atoms with Crippen molar-refractivity contribution in [2.75, 3.05) is 26.2 Å². The Morgan fingerprint density at radius 3 is 1.34 bits per heavy atom. The van der Waals surface area contributed by atoms with Crippen molar-refractivity contribution in [2.45, 2.75) is 33.4 Å². The number of rotatable bonds is 6. The Morgan fingerprint density at radius 2 is 1.06 bits per heavy atom. The Hall–Kier alpha value is -2.00. The molecule has 0 aliphatic carbocycles. The highest BCUT2D eigenvalue weighted by atomic mass is 79.9. The molecule has 0 spiro atoms. The van der Waals surface area contributed by atoms with Crippen LogP contribution in [0.2, 0.25) is 0 Å². The lowest BCUT2D eigenvalue weighted by Gasteiger charge is -2.57. The molecule has 2 aliphatic heterocycles. The van der Waals surface area contributed by atoms with Gasteiger partial charge in [0, 0.05) is 60.4 Å². The van der Waals surface area contributed by atoms with Gasteiger partial charge in [-0.3, -0.25) is 9.80 Å². The third-order valence-electron chi connectivity index (χ3n) is 6.28. The van der Waals surface area contributed by atoms with Crippen LogP contribution in [0.3, 0.4) is 0 Å². The molecule has 0 atom stereocenters. The summed E-state index contributed by atoms with van der Waals surface area (Å²) in [4.78, 5) is 24.5. The van der Waals surface area contributed by atoms with Crippen LogP contribution in [0, 0.1) is 10.8 Å². The highest BCUT2D eigenvalue weighted by Gasteiger charge is 2.48. The quantitative estimate of drug-likeness (QED) is 0.413. The maximum Gasteiger partial charge on any atom is 0.328 e. The van der Waals surface area contributed by atoms with Gasteiger partial charge in [-0.25, -0.2) is 9.59 Å². The van der Waals surface area contributed by atoms with Gasteiger partial charge in [0.2, 0.25) is 0 Å². The second-order valence-electron chi connectivity index (χ2n) is 10.4. The van der Waals surface area contributed by atoms with Crippen molar-refractivity contribution >= 4 is 43.8 Å². The van der Waals surface area contributed by atoms with Gasteiger partial charge >= 0.3 is 11.9 Å². The molecule has 4 rings (SSSR count). The van der Waals surface area contributed by atoms with Crippen LogP contribution >= 0.6 is 31.9 Å². The first-order valence-electron chi connectivity index (χ1n) is 11.5. The Kier molecular flexibility index (Phi) is 9.32. The van der Waals surface area contributed by atoms with E-state index >= 15 is 0 Å². The van der Waals surface area contributed by atoms with Gasteiger partial charge in [-0.05, 0) is 52.6 Å². The van der Waals surface area contributed by atoms with Crippen LogP contribution in [0.4, 0.5) is 0 Å². The molecule has 2 saturated heterocycles. The normalized spacial score (nSPS) is 24.6. The van der Waals surface area contributed by atoms with Crippen LogP contribution < -0.4 is 0 Å². The van der Waals surface area contributed by atoms with E-state index in [0.29, 0.717) is 23.0 Å². The largest absolute Gasteiger partial charge is 0.478 e. The van der Waals surface area contributed by atoms with E-state index < -0.39 is 11.9 Å². The van der Waals surface area contributed by atoms with Crippen LogP contribution in [-0.4, -0.2) is 58.1 Å². The minimum atomic E-state index is -1.26. The molecule has 2 aliphatic rings. The van der Waals surface area contributed by atoms with Crippen molar-refractivity contribution in [3.63, 3.8) is 0 Å². The second kappa shape index (κ2) is 11.8. The molecule has 0 amide bonds. The van der Waals surface area contributed by atoms with Gasteiger partial charge < -0.3 is 10.2 Å². The van der Waals surface area contributed by atoms with Crippen molar-refractivity contribution in [1.29, 1.82) is 0 Å². The molecule has 0 unspecified atom stereocenters. The molecule has 6 nitrogen and oxygen atoms in total. The lowest BCUT2D eigenvalue weighted by molar-refractivity contribution is -0.134. The summed E-state index contributed by atoms with van der Waals surface area (Å²) in [5.74, 6) is -2.51. The van der Waals surface area contributed by atoms with E-state index in [1.807, 2.05) is 0 Å². The molecule has 0 radical (unpaired) electrons. The fourth-order valence-electron chi connectivity index (χ4n) is 5.69. The average Bonchev–Trinajstić information content (AvgIpc) is 2.74. The van der Waals surface area contributed by atoms with Gasteiger partial charge in [0.1, 0.15) is 0 Å². The fourth-order valence-corrected chi connectivity index (χ4v) is 6.22. The Balaban J connectivity index is 0.000000371. The molecular formula is C27H32Br2N2O4. The first-order chi connectivity index (χ1) is 16.4. The lowest BCUT2D eigenvalue weighted by atomic mass is 9.65. The second-order valence-corrected chi connectivity index (χ2v) is 12.2. The van der Waals surface area contributed by atoms with Crippen molar-refractivity contribution in [3.05, 3.63) is 80.8 Å². The van der Waals surface area contributed by atoms with Crippen molar-refractivity contribution < 1.29 is 19.8 Å². The van der Waals surface area contributed by atoms with Gasteiger partial charge in [0.05, 0.1) is 0 Å². The minimum absolute atomic E-state index is 0.371. The Morgan fingerprint density at radius 1 is 0.743 bits per heavy atom. The number of nitrogens with zero attached hydrogens (tertiary/aromatic N) is 2. The number of carboxylic acid groups (broad SMARTS) is 2. The summed E-state index contributed by atoms with van der Waals surface area (Å²) in [7, 11) is 0. The van der Waals surface area contributed by atoms with Crippen molar-refractivity contribution in [1.82, 2.24) is 9.80 Å². The van der Waals surface area contributed by atoms with E-state index in [1.54, 1.807) is 0 Å². The zero-order chi connectivity index (χ0) is 25.6. The first kappa shape index (κ1) is 27.6. The van der Waals surface area contributed by atoms with Crippen molar-refractivity contribution in [2.24, 2.45) is 10.8 Å². The van der Waals surface area contributed by atoms with E-state index in [1.165, 1.54) is 43.7 Å². The number of fused-ring (bicyclic) bond motifs is 2. The molecule has 2 fully saturated rings. The molecule has 2 heterocycles. The zero-order valence-electron chi connectivity index (χ0n) is 20.1. The molecule has 2 aromatic carbocycles. The van der Waals surface area contributed by atoms with Gasteiger partial charge in [-0.15, -0.1) is 0 Å². The number of carbonyl (C=O) groups is 2. The minimum Gasteiger partial charge on any atom is -0.478 e. The molecule has 0 aromatic heterocycles. The number of likely N-dealkylation sites (tertiary alicyclic amines) is 2. The van der Waals surface area contributed by atoms with E-state index in [2.05, 4.69) is 104 Å². The van der Waals surface area contributed by atoms with Crippen molar-refractivity contribution in [3.8, 4) is 0 Å². The number of halogens is 2. The predicted octanol–water partition coefficient (Wildman–Crippen LogP) is 5.66. The zero-order valence-corrected chi connectivity index (χ0v) is 23.3. The lowest BCUT2D eigenvalue weighted by Crippen LogP contribution is -2.61. The smallest absolute Gasteiger partial charge is 0.328 e. The summed E-state index contributed by atoms with van der Waals surface area (Å²) in [5, 5.41) is 15.6. The maximum absolute atomic E-state index is 9.55. The summed E-state index contributed by atoms with van der Waals surface area (Å²) < 4.78 is 2.31. The number of hydrogen-bond acceptors (Lipinski definition) is 4. The van der Waals surface area contributed by atoms with Crippen LogP contribution in [0.15, 0.2) is 69.6 Å². The third kappa shape index (κ3) is 8.86. The Bertz CT molecular complexity index is 958. The molecule has 2 bridgehead atoms. The van der Waals surface area contributed by atoms with Crippen LogP contribution in [0.1, 0.15) is 31.4 Å². The highest BCUT2D eigenvalue weighted by Crippen LogP contribution is 2.46. The van der Waals surface area contributed by atoms with Gasteiger partial charge in [-0.2, -0.15) is 0 Å². The summed E-state index contributed by atoms with van der Waals surface area (Å²) in [6.45, 7) is 11.9. The standard InChI is InChI=1S/C23H28Br2N2.C4H4O4/c1-22-13-23(2,16-26(14-22)11-18-3-7-20(24)8-4-18)17-27(15-22)12-19-5-9-21(25)10-6-19;5-3(6)1-2-4(7)8/h3-10H,11-17H2,1-2H3;1-2H,(H,5,6)(H,7,8)/b;2-1+. The molecular weight excluding hydrogens is 576 g/mol. The third-order valence-corrected chi connectivity index (χ3v) is 7.34. The van der Waals surface area contributed by atoms with E-state index in [4.69, 9.17) is 10.2 Å². The van der Waals surface area contributed by atoms with E-state index in [0.717, 1.165) is 22.0 Å². The van der Waals surface area contributed by atoms with E-state index in [-0.39, 0.29) is 0 Å². The number of carboxylic acids is 2. The number of hydrogen-bond donors (Lipinski definition) is 2. The maximum atomic E-state index is 9.55. The first-order valence-corrected chi connectivity index (χ1v) is 13.1. The summed E-state index contributed by atoms with van der Waals surface area (Å²) in [6, 6.07) is 17.6. The van der Waals surface area contributed by atoms with Gasteiger partial charge in [-0.1, -0.05) is 70.0 Å². The molecule has 0 saturated carbocycles. The summed E-state index contributed by atoms with van der Waals surface area (Å²) in [6.07, 6.45) is 2.46. The molecule has 8 heteroatoms. The Labute approximate surface area is 223 Å². The number of benzene rings is 2. The SMILES string of the molecule is CC12CN(Cc3ccc(Br)cc3)CC(C)(CN(Cc3ccc(Br)cc3)C1)C2.O=C(O)/C=C/C(=O)O. The average molecular weight is 608 g/mol. The monoisotopic (exact) mass is 606 g/mol. The summed E-state index contributed by atoms with van der Waals surface area (Å²) >= 11 is 7.09. The predicted molar refractivity (Wildman–Crippen MR) is 144 cm³/mol. The number of aliphatic carboxylic acids is 2. The van der Waals surface area contributed by atoms with Gasteiger partial charge in [0.25, 0.3) is 0 Å². The topological polar surface area (TPSA) is 81.1 Å². The highest BCUT2D eigenvalue weighted by molar-refractivity contribution is 9.10. The van der Waals surface area contributed by atoms with Gasteiger partial charge in [0.15, 0.2) is 0 Å². The molecule has 35 heavy (non-hydrogen) atoms. The number of piperidine rings is 2. The van der Waals surface area contributed by atoms with Crippen LogP contribution in [0.25, 0.3) is 0 Å². The summed E-state index contributed by atoms with van der Waals surface area (Å²) in [5.41, 5.74) is 3.57. The molecule has 2 N–H and O–H groups in total. The van der Waals surface area contributed by atoms with Crippen LogP contribution in [-0.2, 0) is 22.7 Å². The van der Waals surface area contributed by atoms with E-state index in [9.17, 15) is 9.59 Å². The van der Waals surface area contributed by atoms with Crippen LogP contribution in [0.5, 0.6) is 0 Å².